The normalized spacial score (nSPS) is 13.6. The van der Waals surface area contributed by atoms with Gasteiger partial charge in [0.2, 0.25) is 0 Å². The number of oxime groups is 1. The summed E-state index contributed by atoms with van der Waals surface area (Å²) in [5.41, 5.74) is 6.37. The molecule has 1 atom stereocenters. The smallest absolute Gasteiger partial charge is 0.143 e. The first-order valence-electron chi connectivity index (χ1n) is 4.98. The highest BCUT2D eigenvalue weighted by atomic mass is 19.1. The van der Waals surface area contributed by atoms with Crippen molar-refractivity contribution in [2.24, 2.45) is 16.8 Å². The van der Waals surface area contributed by atoms with E-state index in [0.717, 1.165) is 5.69 Å². The summed E-state index contributed by atoms with van der Waals surface area (Å²) in [6.45, 7) is 2.45. The van der Waals surface area contributed by atoms with E-state index in [9.17, 15) is 4.39 Å². The maximum Gasteiger partial charge on any atom is 0.143 e. The third-order valence-electron chi connectivity index (χ3n) is 2.44. The molecule has 0 radical (unpaired) electrons. The summed E-state index contributed by atoms with van der Waals surface area (Å²) in [6.07, 6.45) is 0. The molecule has 3 N–H and O–H groups in total. The zero-order valence-corrected chi connectivity index (χ0v) is 9.39. The number of benzene rings is 1. The average molecular weight is 225 g/mol. The number of halogens is 1. The molecule has 0 spiro atoms. The first kappa shape index (κ1) is 12.3. The molecule has 0 amide bonds. The fraction of sp³-hybridized carbons (Fsp3) is 0.364. The third-order valence-corrected chi connectivity index (χ3v) is 2.44. The lowest BCUT2D eigenvalue weighted by molar-refractivity contribution is 0.314. The molecule has 0 fully saturated rings. The van der Waals surface area contributed by atoms with E-state index in [4.69, 9.17) is 10.9 Å². The van der Waals surface area contributed by atoms with Crippen LogP contribution in [0.3, 0.4) is 0 Å². The van der Waals surface area contributed by atoms with Crippen LogP contribution >= 0.6 is 0 Å². The SMILES string of the molecule is CC(CN(C)c1ccc(F)cc1)C(N)=NO. The molecule has 5 heteroatoms. The van der Waals surface area contributed by atoms with E-state index >= 15 is 0 Å². The highest BCUT2D eigenvalue weighted by Crippen LogP contribution is 2.14. The summed E-state index contributed by atoms with van der Waals surface area (Å²) in [5, 5.41) is 11.5. The lowest BCUT2D eigenvalue weighted by Gasteiger charge is -2.22. The summed E-state index contributed by atoms with van der Waals surface area (Å²) < 4.78 is 12.7. The van der Waals surface area contributed by atoms with Crippen LogP contribution in [0.4, 0.5) is 10.1 Å². The first-order valence-corrected chi connectivity index (χ1v) is 4.98. The Kier molecular flexibility index (Phi) is 4.10. The minimum absolute atomic E-state index is 0.0694. The second-order valence-corrected chi connectivity index (χ2v) is 3.78. The van der Waals surface area contributed by atoms with Crippen molar-refractivity contribution in [1.29, 1.82) is 0 Å². The van der Waals surface area contributed by atoms with E-state index in [0.29, 0.717) is 6.54 Å². The van der Waals surface area contributed by atoms with Crippen LogP contribution in [0.15, 0.2) is 29.4 Å². The Balaban J connectivity index is 2.65. The summed E-state index contributed by atoms with van der Waals surface area (Å²) >= 11 is 0. The van der Waals surface area contributed by atoms with E-state index in [2.05, 4.69) is 5.16 Å². The van der Waals surface area contributed by atoms with Crippen molar-refractivity contribution >= 4 is 11.5 Å². The quantitative estimate of drug-likeness (QED) is 0.354. The zero-order chi connectivity index (χ0) is 12.1. The van der Waals surface area contributed by atoms with Gasteiger partial charge in [0.25, 0.3) is 0 Å². The predicted molar refractivity (Wildman–Crippen MR) is 62.2 cm³/mol. The molecule has 1 rings (SSSR count). The van der Waals surface area contributed by atoms with Gasteiger partial charge in [-0.2, -0.15) is 0 Å². The number of rotatable bonds is 4. The molecule has 0 aliphatic rings. The first-order chi connectivity index (χ1) is 7.54. The molecule has 0 aromatic heterocycles. The van der Waals surface area contributed by atoms with E-state index in [1.807, 2.05) is 18.9 Å². The maximum atomic E-state index is 12.7. The molecule has 4 nitrogen and oxygen atoms in total. The van der Waals surface area contributed by atoms with E-state index in [1.165, 1.54) is 12.1 Å². The van der Waals surface area contributed by atoms with Crippen molar-refractivity contribution in [3.63, 3.8) is 0 Å². The van der Waals surface area contributed by atoms with E-state index in [-0.39, 0.29) is 17.6 Å². The predicted octanol–water partition coefficient (Wildman–Crippen LogP) is 1.64. The highest BCUT2D eigenvalue weighted by Gasteiger charge is 2.11. The van der Waals surface area contributed by atoms with Crippen LogP contribution in [-0.4, -0.2) is 24.6 Å². The Hall–Kier alpha value is -1.78. The van der Waals surface area contributed by atoms with Gasteiger partial charge in [-0.15, -0.1) is 0 Å². The van der Waals surface area contributed by atoms with Crippen LogP contribution < -0.4 is 10.6 Å². The van der Waals surface area contributed by atoms with Gasteiger partial charge < -0.3 is 15.8 Å². The topological polar surface area (TPSA) is 61.8 Å². The third kappa shape index (κ3) is 3.12. The van der Waals surface area contributed by atoms with Crippen LogP contribution in [0.5, 0.6) is 0 Å². The second-order valence-electron chi connectivity index (χ2n) is 3.78. The van der Waals surface area contributed by atoms with Crippen LogP contribution in [0.1, 0.15) is 6.92 Å². The molecule has 0 saturated carbocycles. The van der Waals surface area contributed by atoms with Crippen LogP contribution in [-0.2, 0) is 0 Å². The van der Waals surface area contributed by atoms with Crippen molar-refractivity contribution in [3.8, 4) is 0 Å². The van der Waals surface area contributed by atoms with Crippen molar-refractivity contribution in [3.05, 3.63) is 30.1 Å². The van der Waals surface area contributed by atoms with Crippen LogP contribution in [0, 0.1) is 11.7 Å². The minimum Gasteiger partial charge on any atom is -0.409 e. The Morgan fingerprint density at radius 3 is 2.56 bits per heavy atom. The van der Waals surface area contributed by atoms with Gasteiger partial charge >= 0.3 is 0 Å². The molecule has 0 heterocycles. The molecule has 0 bridgehead atoms. The van der Waals surface area contributed by atoms with Gasteiger partial charge in [0.1, 0.15) is 11.7 Å². The molecule has 1 aromatic carbocycles. The zero-order valence-electron chi connectivity index (χ0n) is 9.39. The summed E-state index contributed by atoms with van der Waals surface area (Å²) in [7, 11) is 1.87. The lowest BCUT2D eigenvalue weighted by atomic mass is 10.1. The fourth-order valence-electron chi connectivity index (χ4n) is 1.40. The number of amidine groups is 1. The average Bonchev–Trinajstić information content (AvgIpc) is 2.28. The number of nitrogens with zero attached hydrogens (tertiary/aromatic N) is 2. The Labute approximate surface area is 94.2 Å². The second kappa shape index (κ2) is 5.34. The maximum absolute atomic E-state index is 12.7. The summed E-state index contributed by atoms with van der Waals surface area (Å²) in [6, 6.07) is 6.18. The molecule has 0 aliphatic heterocycles. The Bertz CT molecular complexity index is 364. The molecule has 88 valence electrons. The monoisotopic (exact) mass is 225 g/mol. The minimum atomic E-state index is -0.262. The lowest BCUT2D eigenvalue weighted by Crippen LogP contribution is -2.32. The Morgan fingerprint density at radius 1 is 1.50 bits per heavy atom. The van der Waals surface area contributed by atoms with Gasteiger partial charge in [0, 0.05) is 25.2 Å². The molecule has 1 aromatic rings. The molecule has 1 unspecified atom stereocenters. The summed E-state index contributed by atoms with van der Waals surface area (Å²) in [4.78, 5) is 1.92. The largest absolute Gasteiger partial charge is 0.409 e. The van der Waals surface area contributed by atoms with Crippen molar-refractivity contribution < 1.29 is 9.60 Å². The number of hydrogen-bond acceptors (Lipinski definition) is 3. The van der Waals surface area contributed by atoms with Gasteiger partial charge in [-0.05, 0) is 24.3 Å². The molecular weight excluding hydrogens is 209 g/mol. The van der Waals surface area contributed by atoms with Gasteiger partial charge in [0.15, 0.2) is 0 Å². The number of anilines is 1. The molecule has 16 heavy (non-hydrogen) atoms. The van der Waals surface area contributed by atoms with E-state index in [1.54, 1.807) is 12.1 Å². The standard InChI is InChI=1S/C11H16FN3O/c1-8(11(13)14-16)7-15(2)10-5-3-9(12)4-6-10/h3-6,8,16H,7H2,1-2H3,(H2,13,14). The van der Waals surface area contributed by atoms with Crippen molar-refractivity contribution in [2.75, 3.05) is 18.5 Å². The number of hydrogen-bond donors (Lipinski definition) is 2. The summed E-state index contributed by atoms with van der Waals surface area (Å²) in [5.74, 6) is -0.143. The van der Waals surface area contributed by atoms with E-state index < -0.39 is 0 Å². The number of nitrogens with two attached hydrogens (primary N) is 1. The van der Waals surface area contributed by atoms with Gasteiger partial charge in [-0.3, -0.25) is 0 Å². The van der Waals surface area contributed by atoms with Gasteiger partial charge in [-0.25, -0.2) is 4.39 Å². The van der Waals surface area contributed by atoms with Gasteiger partial charge in [-0.1, -0.05) is 12.1 Å². The van der Waals surface area contributed by atoms with Crippen LogP contribution in [0.2, 0.25) is 0 Å². The van der Waals surface area contributed by atoms with Gasteiger partial charge in [0.05, 0.1) is 0 Å². The Morgan fingerprint density at radius 2 is 2.06 bits per heavy atom. The molecule has 0 aliphatic carbocycles. The molecule has 0 saturated heterocycles. The fourth-order valence-corrected chi connectivity index (χ4v) is 1.40. The highest BCUT2D eigenvalue weighted by molar-refractivity contribution is 5.82. The van der Waals surface area contributed by atoms with Crippen molar-refractivity contribution in [2.45, 2.75) is 6.92 Å². The van der Waals surface area contributed by atoms with Crippen LogP contribution in [0.25, 0.3) is 0 Å². The molecular formula is C11H16FN3O. The van der Waals surface area contributed by atoms with Crippen molar-refractivity contribution in [1.82, 2.24) is 0 Å².